The second-order valence-electron chi connectivity index (χ2n) is 5.89. The van der Waals surface area contributed by atoms with Crippen molar-refractivity contribution in [3.63, 3.8) is 0 Å². The molecule has 1 unspecified atom stereocenters. The van der Waals surface area contributed by atoms with Crippen molar-refractivity contribution in [2.75, 3.05) is 6.54 Å². The van der Waals surface area contributed by atoms with Crippen LogP contribution in [0, 0.1) is 13.8 Å². The molecule has 0 radical (unpaired) electrons. The van der Waals surface area contributed by atoms with Crippen molar-refractivity contribution < 1.29 is 0 Å². The maximum Gasteiger partial charge on any atom is 0.0641 e. The Kier molecular flexibility index (Phi) is 4.21. The topological polar surface area (TPSA) is 47.1 Å². The smallest absolute Gasteiger partial charge is 0.0641 e. The maximum absolute atomic E-state index is 6.40. The molecule has 0 spiro atoms. The Bertz CT molecular complexity index is 723. The molecule has 4 nitrogen and oxygen atoms in total. The van der Waals surface area contributed by atoms with Gasteiger partial charge in [0, 0.05) is 54.0 Å². The number of aromatic nitrogens is 2. The van der Waals surface area contributed by atoms with E-state index < -0.39 is 0 Å². The summed E-state index contributed by atoms with van der Waals surface area (Å²) in [6.45, 7) is 6.31. The van der Waals surface area contributed by atoms with E-state index in [0.717, 1.165) is 24.3 Å². The van der Waals surface area contributed by atoms with Gasteiger partial charge in [0.1, 0.15) is 0 Å². The van der Waals surface area contributed by atoms with Crippen LogP contribution in [0.4, 0.5) is 0 Å². The van der Waals surface area contributed by atoms with Crippen LogP contribution in [0.25, 0.3) is 0 Å². The summed E-state index contributed by atoms with van der Waals surface area (Å²) in [6, 6.07) is 3.92. The summed E-state index contributed by atoms with van der Waals surface area (Å²) in [5.41, 5.74) is 11.8. The van der Waals surface area contributed by atoms with Crippen LogP contribution in [0.1, 0.15) is 34.1 Å². The molecule has 1 aromatic heterocycles. The first kappa shape index (κ1) is 15.8. The average molecular weight is 339 g/mol. The number of benzene rings is 1. The highest BCUT2D eigenvalue weighted by molar-refractivity contribution is 6.35. The summed E-state index contributed by atoms with van der Waals surface area (Å²) in [7, 11) is 1.97. The Morgan fingerprint density at radius 3 is 2.64 bits per heavy atom. The molecule has 0 amide bonds. The molecule has 1 atom stereocenters. The third kappa shape index (κ3) is 2.54. The molecule has 0 aliphatic carbocycles. The Labute approximate surface area is 140 Å². The van der Waals surface area contributed by atoms with Crippen molar-refractivity contribution >= 4 is 23.2 Å². The molecule has 0 saturated heterocycles. The fourth-order valence-electron chi connectivity index (χ4n) is 3.34. The molecule has 2 N–H and O–H groups in total. The Morgan fingerprint density at radius 1 is 1.32 bits per heavy atom. The summed E-state index contributed by atoms with van der Waals surface area (Å²) in [5.74, 6) is 0. The molecular weight excluding hydrogens is 319 g/mol. The fraction of sp³-hybridized carbons (Fsp3) is 0.438. The van der Waals surface area contributed by atoms with Gasteiger partial charge in [-0.1, -0.05) is 23.2 Å². The van der Waals surface area contributed by atoms with E-state index >= 15 is 0 Å². The Morgan fingerprint density at radius 2 is 2.05 bits per heavy atom. The van der Waals surface area contributed by atoms with Crippen molar-refractivity contribution in [3.05, 3.63) is 50.3 Å². The van der Waals surface area contributed by atoms with Gasteiger partial charge in [-0.2, -0.15) is 5.10 Å². The number of aryl methyl sites for hydroxylation is 2. The van der Waals surface area contributed by atoms with Gasteiger partial charge in [0.05, 0.1) is 5.69 Å². The number of hydrogen-bond donors (Lipinski definition) is 1. The van der Waals surface area contributed by atoms with Gasteiger partial charge in [-0.25, -0.2) is 0 Å². The molecule has 0 saturated carbocycles. The number of hydrogen-bond acceptors (Lipinski definition) is 3. The van der Waals surface area contributed by atoms with Crippen molar-refractivity contribution in [2.45, 2.75) is 33.0 Å². The lowest BCUT2D eigenvalue weighted by atomic mass is 10.0. The molecule has 3 rings (SSSR count). The van der Waals surface area contributed by atoms with Crippen LogP contribution in [-0.4, -0.2) is 21.2 Å². The average Bonchev–Trinajstić information content (AvgIpc) is 2.91. The lowest BCUT2D eigenvalue weighted by molar-refractivity contribution is 0.210. The van der Waals surface area contributed by atoms with E-state index in [1.165, 1.54) is 16.8 Å². The first-order valence-electron chi connectivity index (χ1n) is 7.33. The van der Waals surface area contributed by atoms with Crippen LogP contribution >= 0.6 is 23.2 Å². The third-order valence-electron chi connectivity index (χ3n) is 4.57. The van der Waals surface area contributed by atoms with Crippen LogP contribution in [0.5, 0.6) is 0 Å². The fourth-order valence-corrected chi connectivity index (χ4v) is 4.00. The van der Waals surface area contributed by atoms with Crippen molar-refractivity contribution in [2.24, 2.45) is 12.8 Å². The minimum absolute atomic E-state index is 0.124. The van der Waals surface area contributed by atoms with Gasteiger partial charge in [-0.05, 0) is 37.1 Å². The van der Waals surface area contributed by atoms with Crippen molar-refractivity contribution in [1.29, 1.82) is 0 Å². The summed E-state index contributed by atoms with van der Waals surface area (Å²) < 4.78 is 1.93. The lowest BCUT2D eigenvalue weighted by Crippen LogP contribution is -2.28. The highest BCUT2D eigenvalue weighted by Gasteiger charge is 2.32. The molecule has 2 aromatic rings. The molecule has 0 bridgehead atoms. The van der Waals surface area contributed by atoms with Gasteiger partial charge in [0.2, 0.25) is 0 Å². The molecule has 118 valence electrons. The van der Waals surface area contributed by atoms with Gasteiger partial charge >= 0.3 is 0 Å². The molecule has 1 aliphatic rings. The Hall–Kier alpha value is -1.07. The number of fused-ring (bicyclic) bond motifs is 1. The number of halogens is 2. The molecule has 2 heterocycles. The van der Waals surface area contributed by atoms with E-state index in [2.05, 4.69) is 16.9 Å². The molecule has 0 fully saturated rings. The zero-order valence-corrected chi connectivity index (χ0v) is 14.5. The van der Waals surface area contributed by atoms with E-state index in [-0.39, 0.29) is 6.04 Å². The van der Waals surface area contributed by atoms with Crippen LogP contribution in [0.2, 0.25) is 10.0 Å². The minimum Gasteiger partial charge on any atom is -0.329 e. The minimum atomic E-state index is 0.124. The van der Waals surface area contributed by atoms with Crippen LogP contribution < -0.4 is 5.73 Å². The highest BCUT2D eigenvalue weighted by Crippen LogP contribution is 2.40. The normalized spacial score (nSPS) is 18.0. The monoisotopic (exact) mass is 338 g/mol. The van der Waals surface area contributed by atoms with Gasteiger partial charge in [0.15, 0.2) is 0 Å². The second kappa shape index (κ2) is 5.85. The largest absolute Gasteiger partial charge is 0.329 e. The quantitative estimate of drug-likeness (QED) is 0.933. The highest BCUT2D eigenvalue weighted by atomic mass is 35.5. The summed E-state index contributed by atoms with van der Waals surface area (Å²) >= 11 is 12.5. The number of rotatable bonds is 3. The second-order valence-corrected chi connectivity index (χ2v) is 6.73. The van der Waals surface area contributed by atoms with Gasteiger partial charge in [0.25, 0.3) is 0 Å². The predicted molar refractivity (Wildman–Crippen MR) is 90.2 cm³/mol. The maximum atomic E-state index is 6.40. The lowest BCUT2D eigenvalue weighted by Gasteiger charge is -2.24. The van der Waals surface area contributed by atoms with Gasteiger partial charge in [-0.15, -0.1) is 0 Å². The molecule has 6 heteroatoms. The molecule has 1 aliphatic heterocycles. The van der Waals surface area contributed by atoms with E-state index in [9.17, 15) is 0 Å². The number of nitrogens with zero attached hydrogens (tertiary/aromatic N) is 3. The van der Waals surface area contributed by atoms with Gasteiger partial charge < -0.3 is 5.73 Å². The summed E-state index contributed by atoms with van der Waals surface area (Å²) in [5, 5.41) is 5.88. The van der Waals surface area contributed by atoms with Crippen LogP contribution in [0.3, 0.4) is 0 Å². The van der Waals surface area contributed by atoms with Crippen LogP contribution in [-0.2, 0) is 20.1 Å². The Balaban J connectivity index is 1.95. The third-order valence-corrected chi connectivity index (χ3v) is 5.10. The van der Waals surface area contributed by atoms with E-state index in [0.29, 0.717) is 16.6 Å². The van der Waals surface area contributed by atoms with Crippen molar-refractivity contribution in [1.82, 2.24) is 14.7 Å². The van der Waals surface area contributed by atoms with Gasteiger partial charge in [-0.3, -0.25) is 9.58 Å². The van der Waals surface area contributed by atoms with Crippen molar-refractivity contribution in [3.8, 4) is 0 Å². The standard InChI is InChI=1S/C16H20Cl2N4/c1-9-13(10(2)21(3)20-9)8-22-7-11-4-12(17)5-14(18)16(11)15(22)6-19/h4-5,15H,6-8,19H2,1-3H3. The van der Waals surface area contributed by atoms with E-state index in [4.69, 9.17) is 28.9 Å². The summed E-state index contributed by atoms with van der Waals surface area (Å²) in [4.78, 5) is 2.35. The SMILES string of the molecule is Cc1nn(C)c(C)c1CN1Cc2cc(Cl)cc(Cl)c2C1CN. The van der Waals surface area contributed by atoms with E-state index in [1.807, 2.05) is 24.7 Å². The predicted octanol–water partition coefficient (Wildman–Crippen LogP) is 3.36. The first-order chi connectivity index (χ1) is 10.4. The molecular formula is C16H20Cl2N4. The zero-order valence-electron chi connectivity index (χ0n) is 13.0. The summed E-state index contributed by atoms with van der Waals surface area (Å²) in [6.07, 6.45) is 0. The molecule has 22 heavy (non-hydrogen) atoms. The number of nitrogens with two attached hydrogens (primary N) is 1. The zero-order chi connectivity index (χ0) is 16.0. The molecule has 1 aromatic carbocycles. The van der Waals surface area contributed by atoms with Crippen LogP contribution in [0.15, 0.2) is 12.1 Å². The van der Waals surface area contributed by atoms with E-state index in [1.54, 1.807) is 6.07 Å². The first-order valence-corrected chi connectivity index (χ1v) is 8.09.